The number of benzene rings is 1. The number of aliphatic hydroxyl groups is 3. The molecule has 3 N–H and O–H groups in total. The van der Waals surface area contributed by atoms with Gasteiger partial charge in [-0.1, -0.05) is 28.1 Å². The molecule has 4 heteroatoms. The van der Waals surface area contributed by atoms with Gasteiger partial charge < -0.3 is 15.3 Å². The van der Waals surface area contributed by atoms with E-state index in [1.807, 2.05) is 6.07 Å². The molecule has 0 amide bonds. The van der Waals surface area contributed by atoms with Crippen LogP contribution in [0.1, 0.15) is 11.7 Å². The molecule has 72 valence electrons. The molecule has 0 heterocycles. The molecule has 13 heavy (non-hydrogen) atoms. The summed E-state index contributed by atoms with van der Waals surface area (Å²) < 4.78 is 0.828. The molecule has 0 aliphatic heterocycles. The molecule has 0 saturated heterocycles. The van der Waals surface area contributed by atoms with Crippen LogP contribution in [0.2, 0.25) is 0 Å². The third kappa shape index (κ3) is 2.77. The first-order chi connectivity index (χ1) is 6.15. The Morgan fingerprint density at radius 2 is 2.00 bits per heavy atom. The summed E-state index contributed by atoms with van der Waals surface area (Å²) in [6, 6.07) is 6.96. The normalized spacial score (nSPS) is 15.4. The van der Waals surface area contributed by atoms with Crippen LogP contribution in [0, 0.1) is 0 Å². The Morgan fingerprint density at radius 3 is 2.54 bits per heavy atom. The Bertz CT molecular complexity index is 277. The van der Waals surface area contributed by atoms with Crippen molar-refractivity contribution in [2.75, 3.05) is 6.61 Å². The van der Waals surface area contributed by atoms with Gasteiger partial charge in [0.1, 0.15) is 12.2 Å². The SMILES string of the molecule is OCC(O)C(O)c1cccc(Br)c1. The first kappa shape index (κ1) is 10.7. The average Bonchev–Trinajstić information content (AvgIpc) is 2.15. The van der Waals surface area contributed by atoms with Crippen LogP contribution in [0.15, 0.2) is 28.7 Å². The van der Waals surface area contributed by atoms with E-state index in [-0.39, 0.29) is 0 Å². The standard InChI is InChI=1S/C9H11BrO3/c10-7-3-1-2-6(4-7)9(13)8(12)5-11/h1-4,8-9,11-13H,5H2. The van der Waals surface area contributed by atoms with Gasteiger partial charge in [0.05, 0.1) is 6.61 Å². The zero-order valence-electron chi connectivity index (χ0n) is 6.89. The highest BCUT2D eigenvalue weighted by molar-refractivity contribution is 9.10. The maximum absolute atomic E-state index is 9.48. The third-order valence-electron chi connectivity index (χ3n) is 1.74. The van der Waals surface area contributed by atoms with Gasteiger partial charge in [-0.15, -0.1) is 0 Å². The van der Waals surface area contributed by atoms with Crippen LogP contribution in [0.25, 0.3) is 0 Å². The minimum atomic E-state index is -1.13. The highest BCUT2D eigenvalue weighted by atomic mass is 79.9. The lowest BCUT2D eigenvalue weighted by Crippen LogP contribution is -2.21. The van der Waals surface area contributed by atoms with E-state index >= 15 is 0 Å². The largest absolute Gasteiger partial charge is 0.394 e. The first-order valence-electron chi connectivity index (χ1n) is 3.87. The fourth-order valence-electron chi connectivity index (χ4n) is 1.01. The average molecular weight is 247 g/mol. The molecule has 0 saturated carbocycles. The number of rotatable bonds is 3. The third-order valence-corrected chi connectivity index (χ3v) is 2.23. The minimum absolute atomic E-state index is 0.451. The summed E-state index contributed by atoms with van der Waals surface area (Å²) in [5.74, 6) is 0. The summed E-state index contributed by atoms with van der Waals surface area (Å²) in [5.41, 5.74) is 0.580. The lowest BCUT2D eigenvalue weighted by atomic mass is 10.1. The van der Waals surface area contributed by atoms with Crippen molar-refractivity contribution >= 4 is 15.9 Å². The summed E-state index contributed by atoms with van der Waals surface area (Å²) in [6.45, 7) is -0.451. The predicted molar refractivity (Wildman–Crippen MR) is 52.2 cm³/mol. The molecule has 0 aromatic heterocycles. The molecule has 1 rings (SSSR count). The Morgan fingerprint density at radius 1 is 1.31 bits per heavy atom. The maximum Gasteiger partial charge on any atom is 0.107 e. The molecule has 0 aliphatic rings. The van der Waals surface area contributed by atoms with Crippen molar-refractivity contribution in [1.29, 1.82) is 0 Å². The molecule has 2 atom stereocenters. The number of aliphatic hydroxyl groups excluding tert-OH is 3. The van der Waals surface area contributed by atoms with Gasteiger partial charge in [0.2, 0.25) is 0 Å². The van der Waals surface area contributed by atoms with E-state index in [1.165, 1.54) is 0 Å². The molecule has 0 fully saturated rings. The number of hydrogen-bond acceptors (Lipinski definition) is 3. The molecule has 0 bridgehead atoms. The van der Waals surface area contributed by atoms with E-state index in [2.05, 4.69) is 15.9 Å². The highest BCUT2D eigenvalue weighted by Gasteiger charge is 2.16. The lowest BCUT2D eigenvalue weighted by molar-refractivity contribution is -0.0152. The van der Waals surface area contributed by atoms with Gasteiger partial charge in [0.15, 0.2) is 0 Å². The highest BCUT2D eigenvalue weighted by Crippen LogP contribution is 2.20. The fraction of sp³-hybridized carbons (Fsp3) is 0.333. The van der Waals surface area contributed by atoms with Gasteiger partial charge in [-0.3, -0.25) is 0 Å². The second-order valence-corrected chi connectivity index (χ2v) is 3.67. The van der Waals surface area contributed by atoms with Crippen LogP contribution in [-0.2, 0) is 0 Å². The van der Waals surface area contributed by atoms with Crippen molar-refractivity contribution in [3.05, 3.63) is 34.3 Å². The van der Waals surface area contributed by atoms with Crippen molar-refractivity contribution in [2.24, 2.45) is 0 Å². The van der Waals surface area contributed by atoms with E-state index in [9.17, 15) is 5.11 Å². The van der Waals surface area contributed by atoms with Crippen LogP contribution in [0.3, 0.4) is 0 Å². The minimum Gasteiger partial charge on any atom is -0.394 e. The van der Waals surface area contributed by atoms with Crippen molar-refractivity contribution in [3.63, 3.8) is 0 Å². The molecule has 1 aromatic rings. The summed E-state index contributed by atoms with van der Waals surface area (Å²) in [6.07, 6.45) is -2.17. The second kappa shape index (κ2) is 4.72. The molecule has 1 aromatic carbocycles. The molecule has 0 aliphatic carbocycles. The first-order valence-corrected chi connectivity index (χ1v) is 4.67. The van der Waals surface area contributed by atoms with Crippen LogP contribution in [0.4, 0.5) is 0 Å². The topological polar surface area (TPSA) is 60.7 Å². The zero-order chi connectivity index (χ0) is 9.84. The van der Waals surface area contributed by atoms with Gasteiger partial charge in [0.25, 0.3) is 0 Å². The van der Waals surface area contributed by atoms with Gasteiger partial charge in [-0.25, -0.2) is 0 Å². The Kier molecular flexibility index (Phi) is 3.87. The van der Waals surface area contributed by atoms with Gasteiger partial charge in [-0.05, 0) is 17.7 Å². The quantitative estimate of drug-likeness (QED) is 0.741. The van der Waals surface area contributed by atoms with Gasteiger partial charge in [-0.2, -0.15) is 0 Å². The van der Waals surface area contributed by atoms with Crippen LogP contribution in [0.5, 0.6) is 0 Å². The predicted octanol–water partition coefficient (Wildman–Crippen LogP) is 0.836. The Balaban J connectivity index is 2.82. The summed E-state index contributed by atoms with van der Waals surface area (Å²) in [7, 11) is 0. The van der Waals surface area contributed by atoms with Crippen molar-refractivity contribution in [2.45, 2.75) is 12.2 Å². The summed E-state index contributed by atoms with van der Waals surface area (Å²) in [5, 5.41) is 27.3. The smallest absolute Gasteiger partial charge is 0.107 e. The summed E-state index contributed by atoms with van der Waals surface area (Å²) >= 11 is 3.25. The fourth-order valence-corrected chi connectivity index (χ4v) is 1.43. The van der Waals surface area contributed by atoms with Crippen LogP contribution < -0.4 is 0 Å². The van der Waals surface area contributed by atoms with Crippen molar-refractivity contribution < 1.29 is 15.3 Å². The lowest BCUT2D eigenvalue weighted by Gasteiger charge is -2.15. The van der Waals surface area contributed by atoms with Gasteiger partial charge in [0, 0.05) is 4.47 Å². The van der Waals surface area contributed by atoms with E-state index in [0.717, 1.165) is 4.47 Å². The van der Waals surface area contributed by atoms with Gasteiger partial charge >= 0.3 is 0 Å². The molecule has 0 radical (unpaired) electrons. The maximum atomic E-state index is 9.48. The molecule has 3 nitrogen and oxygen atoms in total. The van der Waals surface area contributed by atoms with Crippen molar-refractivity contribution in [1.82, 2.24) is 0 Å². The van der Waals surface area contributed by atoms with Crippen LogP contribution >= 0.6 is 15.9 Å². The van der Waals surface area contributed by atoms with E-state index in [1.54, 1.807) is 18.2 Å². The molecular weight excluding hydrogens is 236 g/mol. The molecule has 2 unspecified atom stereocenters. The molecule has 0 spiro atoms. The van der Waals surface area contributed by atoms with Crippen LogP contribution in [-0.4, -0.2) is 28.0 Å². The van der Waals surface area contributed by atoms with E-state index in [0.29, 0.717) is 5.56 Å². The Hall–Kier alpha value is -0.420. The molecular formula is C9H11BrO3. The van der Waals surface area contributed by atoms with E-state index < -0.39 is 18.8 Å². The zero-order valence-corrected chi connectivity index (χ0v) is 8.48. The van der Waals surface area contributed by atoms with E-state index in [4.69, 9.17) is 10.2 Å². The number of hydrogen-bond donors (Lipinski definition) is 3. The Labute approximate surface area is 84.8 Å². The summed E-state index contributed by atoms with van der Waals surface area (Å²) in [4.78, 5) is 0. The number of halogens is 1. The van der Waals surface area contributed by atoms with Crippen molar-refractivity contribution in [3.8, 4) is 0 Å². The second-order valence-electron chi connectivity index (χ2n) is 2.75. The monoisotopic (exact) mass is 246 g/mol.